The van der Waals surface area contributed by atoms with E-state index in [1.165, 1.54) is 0 Å². The fourth-order valence-electron chi connectivity index (χ4n) is 1.67. The third-order valence-electron chi connectivity index (χ3n) is 2.78. The molecule has 7 heteroatoms. The van der Waals surface area contributed by atoms with Gasteiger partial charge in [-0.25, -0.2) is 4.68 Å². The lowest BCUT2D eigenvalue weighted by Crippen LogP contribution is -2.29. The Balaban J connectivity index is 3.08. The average Bonchev–Trinajstić information content (AvgIpc) is 2.63. The van der Waals surface area contributed by atoms with E-state index in [1.54, 1.807) is 11.6 Å². The number of nitrogens with two attached hydrogens (primary N) is 1. The molecule has 3 N–H and O–H groups in total. The molecule has 1 heterocycles. The number of aryl methyl sites for hydroxylation is 1. The summed E-state index contributed by atoms with van der Waals surface area (Å²) in [5.41, 5.74) is 6.27. The van der Waals surface area contributed by atoms with E-state index >= 15 is 0 Å². The number of rotatable bonds is 6. The van der Waals surface area contributed by atoms with Crippen LogP contribution in [0.5, 0.6) is 0 Å². The summed E-state index contributed by atoms with van der Waals surface area (Å²) in [6.07, 6.45) is 0.815. The van der Waals surface area contributed by atoms with Gasteiger partial charge in [0.1, 0.15) is 5.69 Å². The molecule has 1 rings (SSSR count). The zero-order valence-electron chi connectivity index (χ0n) is 11.3. The van der Waals surface area contributed by atoms with Crippen LogP contribution in [-0.4, -0.2) is 27.3 Å². The molecule has 18 heavy (non-hydrogen) atoms. The van der Waals surface area contributed by atoms with Crippen LogP contribution in [0.1, 0.15) is 38.9 Å². The van der Waals surface area contributed by atoms with E-state index in [2.05, 4.69) is 10.4 Å². The molecule has 0 saturated heterocycles. The molecule has 1 atom stereocenters. The Hall–Kier alpha value is -1.63. The normalized spacial score (nSPS) is 12.8. The highest BCUT2D eigenvalue weighted by atomic mass is 16.6. The fourth-order valence-corrected chi connectivity index (χ4v) is 1.67. The Morgan fingerprint density at radius 1 is 1.56 bits per heavy atom. The summed E-state index contributed by atoms with van der Waals surface area (Å²) in [5.74, 6) is 0.441. The predicted octanol–water partition coefficient (Wildman–Crippen LogP) is 1.83. The third kappa shape index (κ3) is 2.98. The first-order chi connectivity index (χ1) is 8.38. The van der Waals surface area contributed by atoms with Gasteiger partial charge in [-0.3, -0.25) is 10.1 Å². The molecule has 7 nitrogen and oxygen atoms in total. The lowest BCUT2D eigenvalue weighted by molar-refractivity contribution is -0.384. The van der Waals surface area contributed by atoms with Gasteiger partial charge in [-0.2, -0.15) is 5.10 Å². The van der Waals surface area contributed by atoms with Crippen LogP contribution in [0.4, 0.5) is 11.5 Å². The average molecular weight is 255 g/mol. The molecule has 0 aliphatic carbocycles. The Morgan fingerprint density at radius 3 is 2.61 bits per heavy atom. The first-order valence-corrected chi connectivity index (χ1v) is 6.11. The minimum Gasteiger partial charge on any atom is -0.363 e. The quantitative estimate of drug-likeness (QED) is 0.596. The predicted molar refractivity (Wildman–Crippen MR) is 70.8 cm³/mol. The Morgan fingerprint density at radius 2 is 2.17 bits per heavy atom. The van der Waals surface area contributed by atoms with Crippen molar-refractivity contribution in [2.75, 3.05) is 11.9 Å². The summed E-state index contributed by atoms with van der Waals surface area (Å²) in [5, 5.41) is 18.3. The largest absolute Gasteiger partial charge is 0.363 e. The molecule has 0 aromatic carbocycles. The molecule has 0 spiro atoms. The van der Waals surface area contributed by atoms with E-state index in [9.17, 15) is 10.1 Å². The molecule has 0 fully saturated rings. The van der Waals surface area contributed by atoms with Gasteiger partial charge < -0.3 is 11.1 Å². The van der Waals surface area contributed by atoms with Crippen LogP contribution in [0.3, 0.4) is 0 Å². The number of hydrogen-bond acceptors (Lipinski definition) is 5. The van der Waals surface area contributed by atoms with E-state index in [-0.39, 0.29) is 17.8 Å². The number of aromatic nitrogens is 2. The molecular weight excluding hydrogens is 234 g/mol. The topological polar surface area (TPSA) is 99.0 Å². The highest BCUT2D eigenvalue weighted by molar-refractivity contribution is 5.59. The fraction of sp³-hybridized carbons (Fsp3) is 0.727. The minimum absolute atomic E-state index is 0.0274. The maximum absolute atomic E-state index is 11.1. The smallest absolute Gasteiger partial charge is 0.333 e. The van der Waals surface area contributed by atoms with Crippen LogP contribution in [-0.2, 0) is 0 Å². The summed E-state index contributed by atoms with van der Waals surface area (Å²) in [6.45, 7) is 7.98. The van der Waals surface area contributed by atoms with E-state index < -0.39 is 4.92 Å². The summed E-state index contributed by atoms with van der Waals surface area (Å²) in [7, 11) is 0. The summed E-state index contributed by atoms with van der Waals surface area (Å²) < 4.78 is 1.63. The van der Waals surface area contributed by atoms with Crippen LogP contribution >= 0.6 is 0 Å². The maximum Gasteiger partial charge on any atom is 0.333 e. The van der Waals surface area contributed by atoms with E-state index in [1.807, 2.05) is 20.8 Å². The second kappa shape index (κ2) is 5.81. The van der Waals surface area contributed by atoms with Crippen LogP contribution in [0.25, 0.3) is 0 Å². The van der Waals surface area contributed by atoms with Crippen molar-refractivity contribution in [3.63, 3.8) is 0 Å². The number of anilines is 1. The summed E-state index contributed by atoms with van der Waals surface area (Å²) >= 11 is 0. The molecular formula is C11H21N5O2. The highest BCUT2D eigenvalue weighted by Gasteiger charge is 2.26. The van der Waals surface area contributed by atoms with Gasteiger partial charge in [0.05, 0.1) is 4.92 Å². The Bertz CT molecular complexity index is 427. The van der Waals surface area contributed by atoms with Crippen LogP contribution in [0.15, 0.2) is 0 Å². The summed E-state index contributed by atoms with van der Waals surface area (Å²) in [4.78, 5) is 10.7. The Labute approximate surface area is 107 Å². The van der Waals surface area contributed by atoms with Crippen molar-refractivity contribution in [2.45, 2.75) is 46.2 Å². The number of nitro groups is 1. The maximum atomic E-state index is 11.1. The van der Waals surface area contributed by atoms with E-state index in [0.717, 1.165) is 6.42 Å². The molecule has 0 bridgehead atoms. The first-order valence-electron chi connectivity index (χ1n) is 6.11. The monoisotopic (exact) mass is 255 g/mol. The third-order valence-corrected chi connectivity index (χ3v) is 2.78. The molecule has 0 saturated carbocycles. The SMILES string of the molecule is CCC(N)CNc1c([N+](=O)[O-])c(C)nn1C(C)C. The van der Waals surface area contributed by atoms with Gasteiger partial charge >= 0.3 is 5.69 Å². The van der Waals surface area contributed by atoms with Crippen molar-refractivity contribution in [3.8, 4) is 0 Å². The number of hydrogen-bond donors (Lipinski definition) is 2. The molecule has 1 aromatic heterocycles. The molecule has 0 aliphatic heterocycles. The number of nitrogens with zero attached hydrogens (tertiary/aromatic N) is 3. The lowest BCUT2D eigenvalue weighted by atomic mass is 10.2. The molecule has 102 valence electrons. The van der Waals surface area contributed by atoms with Gasteiger partial charge in [0.15, 0.2) is 0 Å². The van der Waals surface area contributed by atoms with Crippen LogP contribution in [0, 0.1) is 17.0 Å². The minimum atomic E-state index is -0.402. The van der Waals surface area contributed by atoms with Gasteiger partial charge in [0, 0.05) is 18.6 Å². The lowest BCUT2D eigenvalue weighted by Gasteiger charge is -2.14. The highest BCUT2D eigenvalue weighted by Crippen LogP contribution is 2.30. The second-order valence-electron chi connectivity index (χ2n) is 4.63. The van der Waals surface area contributed by atoms with E-state index in [4.69, 9.17) is 5.73 Å². The Kier molecular flexibility index (Phi) is 4.66. The molecule has 0 aliphatic rings. The molecule has 1 aromatic rings. The van der Waals surface area contributed by atoms with Gasteiger partial charge in [0.2, 0.25) is 5.82 Å². The van der Waals surface area contributed by atoms with Crippen LogP contribution in [0.2, 0.25) is 0 Å². The zero-order valence-corrected chi connectivity index (χ0v) is 11.3. The summed E-state index contributed by atoms with van der Waals surface area (Å²) in [6, 6.07) is 0.0261. The van der Waals surface area contributed by atoms with Gasteiger partial charge in [-0.1, -0.05) is 6.92 Å². The van der Waals surface area contributed by atoms with Gasteiger partial charge in [-0.15, -0.1) is 0 Å². The van der Waals surface area contributed by atoms with Crippen molar-refractivity contribution < 1.29 is 4.92 Å². The molecule has 0 radical (unpaired) electrons. The standard InChI is InChI=1S/C11H21N5O2/c1-5-9(12)6-13-11-10(16(17)18)8(4)14-15(11)7(2)3/h7,9,13H,5-6,12H2,1-4H3. The van der Waals surface area contributed by atoms with E-state index in [0.29, 0.717) is 18.1 Å². The van der Waals surface area contributed by atoms with Crippen molar-refractivity contribution >= 4 is 11.5 Å². The zero-order chi connectivity index (χ0) is 13.9. The number of nitrogens with one attached hydrogen (secondary N) is 1. The molecule has 1 unspecified atom stereocenters. The van der Waals surface area contributed by atoms with Gasteiger partial charge in [0.25, 0.3) is 0 Å². The van der Waals surface area contributed by atoms with Gasteiger partial charge in [-0.05, 0) is 27.2 Å². The first kappa shape index (κ1) is 14.4. The van der Waals surface area contributed by atoms with Crippen molar-refractivity contribution in [1.82, 2.24) is 9.78 Å². The second-order valence-corrected chi connectivity index (χ2v) is 4.63. The van der Waals surface area contributed by atoms with Crippen molar-refractivity contribution in [2.24, 2.45) is 5.73 Å². The van der Waals surface area contributed by atoms with Crippen molar-refractivity contribution in [1.29, 1.82) is 0 Å². The molecule has 0 amide bonds. The van der Waals surface area contributed by atoms with Crippen LogP contribution < -0.4 is 11.1 Å². The van der Waals surface area contributed by atoms with Crippen molar-refractivity contribution in [3.05, 3.63) is 15.8 Å².